The van der Waals surface area contributed by atoms with Crippen molar-refractivity contribution in [1.29, 1.82) is 0 Å². The number of carbonyl (C=O) groups excluding carboxylic acids is 1. The number of carbonyl (C=O) groups is 2. The van der Waals surface area contributed by atoms with Crippen molar-refractivity contribution >= 4 is 34.2 Å². The van der Waals surface area contributed by atoms with Crippen LogP contribution in [0.1, 0.15) is 34.8 Å². The molecule has 1 aromatic heterocycles. The van der Waals surface area contributed by atoms with Gasteiger partial charge in [-0.3, -0.25) is 5.32 Å². The van der Waals surface area contributed by atoms with Gasteiger partial charge in [-0.15, -0.1) is 11.3 Å². The number of carboxylic acids is 1. The zero-order valence-electron chi connectivity index (χ0n) is 11.0. The van der Waals surface area contributed by atoms with Crippen LogP contribution < -0.4 is 10.6 Å². The van der Waals surface area contributed by atoms with Crippen molar-refractivity contribution in [1.82, 2.24) is 4.98 Å². The van der Waals surface area contributed by atoms with Crippen molar-refractivity contribution in [2.24, 2.45) is 0 Å². The third kappa shape index (κ3) is 3.38. The fourth-order valence-electron chi connectivity index (χ4n) is 1.87. The van der Waals surface area contributed by atoms with Crippen molar-refractivity contribution in [2.75, 3.05) is 10.6 Å². The Hall–Kier alpha value is -2.41. The molecule has 1 aliphatic rings. The monoisotopic (exact) mass is 303 g/mol. The molecule has 1 saturated carbocycles. The van der Waals surface area contributed by atoms with Crippen molar-refractivity contribution in [3.8, 4) is 0 Å². The zero-order chi connectivity index (χ0) is 14.8. The van der Waals surface area contributed by atoms with E-state index in [1.807, 2.05) is 5.38 Å². The normalized spacial score (nSPS) is 13.7. The third-order valence-corrected chi connectivity index (χ3v) is 3.90. The van der Waals surface area contributed by atoms with Crippen LogP contribution in [0.25, 0.3) is 0 Å². The number of nitrogens with one attached hydrogen (secondary N) is 2. The lowest BCUT2D eigenvalue weighted by Crippen LogP contribution is -2.19. The topological polar surface area (TPSA) is 91.3 Å². The molecule has 1 heterocycles. The number of carboxylic acid groups (broad SMARTS) is 1. The third-order valence-electron chi connectivity index (χ3n) is 3.13. The molecule has 7 heteroatoms. The van der Waals surface area contributed by atoms with Gasteiger partial charge in [-0.25, -0.2) is 14.6 Å². The van der Waals surface area contributed by atoms with Crippen LogP contribution in [0.3, 0.4) is 0 Å². The van der Waals surface area contributed by atoms with Crippen LogP contribution in [-0.4, -0.2) is 22.1 Å². The number of aromatic carboxylic acids is 1. The molecule has 21 heavy (non-hydrogen) atoms. The summed E-state index contributed by atoms with van der Waals surface area (Å²) in [6.07, 6.45) is 2.34. The van der Waals surface area contributed by atoms with E-state index in [9.17, 15) is 9.59 Å². The van der Waals surface area contributed by atoms with Gasteiger partial charge in [0.25, 0.3) is 0 Å². The molecule has 0 atom stereocenters. The molecule has 0 saturated heterocycles. The highest BCUT2D eigenvalue weighted by Crippen LogP contribution is 2.40. The van der Waals surface area contributed by atoms with E-state index in [-0.39, 0.29) is 5.56 Å². The van der Waals surface area contributed by atoms with Crippen LogP contribution in [0.5, 0.6) is 0 Å². The fraction of sp³-hybridized carbons (Fsp3) is 0.214. The van der Waals surface area contributed by atoms with Crippen LogP contribution in [0, 0.1) is 0 Å². The van der Waals surface area contributed by atoms with E-state index in [0.717, 1.165) is 5.69 Å². The summed E-state index contributed by atoms with van der Waals surface area (Å²) < 4.78 is 0. The average Bonchev–Trinajstić information content (AvgIpc) is 3.20. The molecule has 0 unspecified atom stereocenters. The summed E-state index contributed by atoms with van der Waals surface area (Å²) in [6.45, 7) is 0. The molecule has 2 aromatic rings. The zero-order valence-corrected chi connectivity index (χ0v) is 11.8. The van der Waals surface area contributed by atoms with Crippen LogP contribution >= 0.6 is 11.3 Å². The minimum absolute atomic E-state index is 0.176. The molecule has 0 radical (unpaired) electrons. The number of hydrogen-bond donors (Lipinski definition) is 3. The summed E-state index contributed by atoms with van der Waals surface area (Å²) >= 11 is 1.40. The van der Waals surface area contributed by atoms with E-state index in [1.54, 1.807) is 12.1 Å². The molecule has 2 amide bonds. The lowest BCUT2D eigenvalue weighted by Gasteiger charge is -2.05. The molecular weight excluding hydrogens is 290 g/mol. The van der Waals surface area contributed by atoms with Gasteiger partial charge in [0.05, 0.1) is 11.3 Å². The second-order valence-corrected chi connectivity index (χ2v) is 5.67. The van der Waals surface area contributed by atoms with Crippen LogP contribution in [0.2, 0.25) is 0 Å². The van der Waals surface area contributed by atoms with Gasteiger partial charge in [0, 0.05) is 17.0 Å². The summed E-state index contributed by atoms with van der Waals surface area (Å²) in [5.74, 6) is -0.440. The van der Waals surface area contributed by atoms with Gasteiger partial charge in [0.1, 0.15) is 0 Å². The predicted molar refractivity (Wildman–Crippen MR) is 80.1 cm³/mol. The average molecular weight is 303 g/mol. The molecule has 1 aromatic carbocycles. The Kier molecular flexibility index (Phi) is 3.57. The highest BCUT2D eigenvalue weighted by Gasteiger charge is 2.26. The Morgan fingerprint density at radius 2 is 1.90 bits per heavy atom. The molecule has 1 fully saturated rings. The van der Waals surface area contributed by atoms with Crippen LogP contribution in [0.15, 0.2) is 29.6 Å². The molecule has 6 nitrogen and oxygen atoms in total. The summed E-state index contributed by atoms with van der Waals surface area (Å²) in [5.41, 5.74) is 1.74. The molecule has 1 aliphatic carbocycles. The van der Waals surface area contributed by atoms with Crippen molar-refractivity contribution in [3.05, 3.63) is 40.9 Å². The largest absolute Gasteiger partial charge is 0.478 e. The maximum atomic E-state index is 11.8. The minimum atomic E-state index is -0.999. The molecule has 3 rings (SSSR count). The van der Waals surface area contributed by atoms with Crippen LogP contribution in [0.4, 0.5) is 15.6 Å². The van der Waals surface area contributed by atoms with Crippen molar-refractivity contribution < 1.29 is 14.7 Å². The van der Waals surface area contributed by atoms with E-state index in [4.69, 9.17) is 5.11 Å². The first-order valence-corrected chi connectivity index (χ1v) is 7.36. The number of hydrogen-bond acceptors (Lipinski definition) is 4. The summed E-state index contributed by atoms with van der Waals surface area (Å²) in [4.78, 5) is 26.9. The van der Waals surface area contributed by atoms with E-state index in [2.05, 4.69) is 15.6 Å². The van der Waals surface area contributed by atoms with Gasteiger partial charge in [-0.2, -0.15) is 0 Å². The molecule has 0 spiro atoms. The highest BCUT2D eigenvalue weighted by molar-refractivity contribution is 7.14. The Morgan fingerprint density at radius 1 is 1.19 bits per heavy atom. The van der Waals surface area contributed by atoms with Crippen LogP contribution in [-0.2, 0) is 0 Å². The van der Waals surface area contributed by atoms with E-state index in [0.29, 0.717) is 16.7 Å². The number of urea groups is 1. The van der Waals surface area contributed by atoms with Gasteiger partial charge < -0.3 is 10.4 Å². The van der Waals surface area contributed by atoms with Gasteiger partial charge >= 0.3 is 12.0 Å². The van der Waals surface area contributed by atoms with Gasteiger partial charge in [0.15, 0.2) is 5.13 Å². The summed E-state index contributed by atoms with van der Waals surface area (Å²) in [5, 5.41) is 16.6. The molecular formula is C14H13N3O3S. The maximum Gasteiger partial charge on any atom is 0.335 e. The first-order chi connectivity index (χ1) is 10.1. The highest BCUT2D eigenvalue weighted by atomic mass is 32.1. The van der Waals surface area contributed by atoms with E-state index < -0.39 is 12.0 Å². The van der Waals surface area contributed by atoms with Crippen molar-refractivity contribution in [2.45, 2.75) is 18.8 Å². The molecule has 108 valence electrons. The summed E-state index contributed by atoms with van der Waals surface area (Å²) in [6, 6.07) is 5.56. The quantitative estimate of drug-likeness (QED) is 0.807. The summed E-state index contributed by atoms with van der Waals surface area (Å²) in [7, 11) is 0. The minimum Gasteiger partial charge on any atom is -0.478 e. The maximum absolute atomic E-state index is 11.8. The number of rotatable bonds is 4. The second-order valence-electron chi connectivity index (χ2n) is 4.81. The molecule has 0 bridgehead atoms. The number of aromatic nitrogens is 1. The Bertz CT molecular complexity index is 677. The number of anilines is 2. The lowest BCUT2D eigenvalue weighted by molar-refractivity contribution is 0.0697. The number of amides is 2. The number of nitrogens with zero attached hydrogens (tertiary/aromatic N) is 1. The van der Waals surface area contributed by atoms with Gasteiger partial charge in [-0.05, 0) is 37.1 Å². The SMILES string of the molecule is O=C(Nc1ccc(C(=O)O)cc1)Nc1nc(C2CC2)cs1. The Labute approximate surface area is 124 Å². The fourth-order valence-corrected chi connectivity index (χ4v) is 2.65. The van der Waals surface area contributed by atoms with Crippen molar-refractivity contribution in [3.63, 3.8) is 0 Å². The van der Waals surface area contributed by atoms with Gasteiger partial charge in [-0.1, -0.05) is 0 Å². The molecule has 3 N–H and O–H groups in total. The second kappa shape index (κ2) is 5.53. The Balaban J connectivity index is 1.58. The smallest absolute Gasteiger partial charge is 0.335 e. The predicted octanol–water partition coefficient (Wildman–Crippen LogP) is 3.36. The number of thiazole rings is 1. The number of benzene rings is 1. The van der Waals surface area contributed by atoms with E-state index >= 15 is 0 Å². The first kappa shape index (κ1) is 13.6. The van der Waals surface area contributed by atoms with E-state index in [1.165, 1.54) is 36.3 Å². The Morgan fingerprint density at radius 3 is 2.52 bits per heavy atom. The lowest BCUT2D eigenvalue weighted by atomic mass is 10.2. The standard InChI is InChI=1S/C14H13N3O3S/c18-12(19)9-3-5-10(6-4-9)15-13(20)17-14-16-11(7-21-14)8-1-2-8/h3-8H,1-2H2,(H,18,19)(H2,15,16,17,20). The van der Waals surface area contributed by atoms with Gasteiger partial charge in [0.2, 0.25) is 0 Å². The molecule has 0 aliphatic heterocycles. The first-order valence-electron chi connectivity index (χ1n) is 6.48.